The number of oxazole rings is 1. The topological polar surface area (TPSA) is 120 Å². The maximum absolute atomic E-state index is 12.9. The van der Waals surface area contributed by atoms with E-state index in [0.717, 1.165) is 11.3 Å². The molecule has 0 saturated heterocycles. The van der Waals surface area contributed by atoms with Crippen molar-refractivity contribution >= 4 is 21.8 Å². The Morgan fingerprint density at radius 2 is 1.76 bits per heavy atom. The van der Waals surface area contributed by atoms with Gasteiger partial charge in [-0.05, 0) is 24.3 Å². The quantitative estimate of drug-likeness (QED) is 0.282. The number of hydrogen-bond acceptors (Lipinski definition) is 8. The molecule has 0 bridgehead atoms. The van der Waals surface area contributed by atoms with Gasteiger partial charge in [0.25, 0.3) is 0 Å². The predicted octanol–water partition coefficient (Wildman–Crippen LogP) is 3.64. The normalized spacial score (nSPS) is 11.8. The van der Waals surface area contributed by atoms with Crippen molar-refractivity contribution in [2.75, 3.05) is 18.9 Å². The van der Waals surface area contributed by atoms with E-state index in [1.54, 1.807) is 30.5 Å². The lowest BCUT2D eigenvalue weighted by molar-refractivity contribution is 0.445. The summed E-state index contributed by atoms with van der Waals surface area (Å²) in [4.78, 5) is 4.70. The summed E-state index contributed by atoms with van der Waals surface area (Å²) in [5, 5.41) is 8.82. The van der Waals surface area contributed by atoms with Gasteiger partial charge in [0.1, 0.15) is 6.26 Å². The van der Waals surface area contributed by atoms with Crippen molar-refractivity contribution < 1.29 is 12.8 Å². The molecule has 0 radical (unpaired) electrons. The number of nitrogen functional groups attached to an aromatic ring is 1. The average molecular weight is 485 g/mol. The van der Waals surface area contributed by atoms with Gasteiger partial charge in [0, 0.05) is 30.0 Å². The molecule has 2 N–H and O–H groups in total. The number of nitrogens with two attached hydrogens (primary N) is 1. The van der Waals surface area contributed by atoms with Crippen molar-refractivity contribution in [2.45, 2.75) is 29.7 Å². The lowest BCUT2D eigenvalue weighted by atomic mass is 10.2. The summed E-state index contributed by atoms with van der Waals surface area (Å²) in [6.45, 7) is 4.40. The Morgan fingerprint density at radius 3 is 2.48 bits per heavy atom. The first kappa shape index (κ1) is 23.0. The molecule has 0 aliphatic carbocycles. The zero-order valence-corrected chi connectivity index (χ0v) is 19.9. The van der Waals surface area contributed by atoms with Crippen LogP contribution < -0.4 is 5.84 Å². The van der Waals surface area contributed by atoms with Crippen molar-refractivity contribution in [2.24, 2.45) is 0 Å². The van der Waals surface area contributed by atoms with Gasteiger partial charge in [-0.25, -0.2) is 18.1 Å². The van der Waals surface area contributed by atoms with Gasteiger partial charge in [-0.3, -0.25) is 0 Å². The summed E-state index contributed by atoms with van der Waals surface area (Å²) in [5.74, 6) is 7.65. The molecule has 0 aliphatic rings. The summed E-state index contributed by atoms with van der Waals surface area (Å²) < 4.78 is 34.1. The summed E-state index contributed by atoms with van der Waals surface area (Å²) in [7, 11) is -3.59. The number of thioether (sulfide) groups is 1. The second kappa shape index (κ2) is 9.77. The Kier molecular flexibility index (Phi) is 6.82. The van der Waals surface area contributed by atoms with Gasteiger partial charge in [-0.2, -0.15) is 4.31 Å². The molecule has 0 fully saturated rings. The number of aromatic nitrogens is 4. The first-order chi connectivity index (χ1) is 15.9. The minimum atomic E-state index is -3.59. The molecule has 2 heterocycles. The second-order valence-electron chi connectivity index (χ2n) is 7.09. The van der Waals surface area contributed by atoms with E-state index in [1.165, 1.54) is 20.7 Å². The third-order valence-electron chi connectivity index (χ3n) is 5.02. The van der Waals surface area contributed by atoms with Crippen molar-refractivity contribution in [3.05, 3.63) is 66.6 Å². The number of nitrogens with zero attached hydrogens (tertiary/aromatic N) is 5. The first-order valence-electron chi connectivity index (χ1n) is 10.4. The standard InChI is InChI=1S/C22H24N6O3S2/c1-3-27(4-2)33(29,30)19-12-8-11-17(13-19)20-25-26-22(28(20)23)32-15-18-14-31-21(24-18)16-9-6-5-7-10-16/h5-14H,3-4,15,23H2,1-2H3. The minimum absolute atomic E-state index is 0.192. The van der Waals surface area contributed by atoms with Crippen molar-refractivity contribution in [1.29, 1.82) is 0 Å². The molecule has 33 heavy (non-hydrogen) atoms. The monoisotopic (exact) mass is 484 g/mol. The highest BCUT2D eigenvalue weighted by Gasteiger charge is 2.23. The molecule has 0 saturated carbocycles. The van der Waals surface area contributed by atoms with Crippen molar-refractivity contribution in [1.82, 2.24) is 24.2 Å². The Labute approximate surface area is 196 Å². The fourth-order valence-electron chi connectivity index (χ4n) is 3.31. The molecule has 2 aromatic carbocycles. The summed E-state index contributed by atoms with van der Waals surface area (Å²) >= 11 is 1.36. The van der Waals surface area contributed by atoms with Gasteiger partial charge in [-0.15, -0.1) is 10.2 Å². The smallest absolute Gasteiger partial charge is 0.243 e. The molecule has 4 rings (SSSR count). The van der Waals surface area contributed by atoms with Crippen LogP contribution in [0, 0.1) is 0 Å². The van der Waals surface area contributed by atoms with Crippen LogP contribution in [0.25, 0.3) is 22.8 Å². The van der Waals surface area contributed by atoms with Crippen LogP contribution in [0.3, 0.4) is 0 Å². The van der Waals surface area contributed by atoms with Crippen LogP contribution >= 0.6 is 11.8 Å². The highest BCUT2D eigenvalue weighted by molar-refractivity contribution is 7.98. The molecule has 0 spiro atoms. The molecule has 0 atom stereocenters. The van der Waals surface area contributed by atoms with Gasteiger partial charge < -0.3 is 10.3 Å². The Morgan fingerprint density at radius 1 is 1.03 bits per heavy atom. The predicted molar refractivity (Wildman–Crippen MR) is 127 cm³/mol. The first-order valence-corrected chi connectivity index (χ1v) is 12.8. The van der Waals surface area contributed by atoms with E-state index in [1.807, 2.05) is 44.2 Å². The largest absolute Gasteiger partial charge is 0.444 e. The van der Waals surface area contributed by atoms with E-state index in [-0.39, 0.29) is 4.90 Å². The van der Waals surface area contributed by atoms with Gasteiger partial charge in [0.15, 0.2) is 5.82 Å². The van der Waals surface area contributed by atoms with Gasteiger partial charge >= 0.3 is 0 Å². The number of sulfonamides is 1. The van der Waals surface area contributed by atoms with Crippen molar-refractivity contribution in [3.8, 4) is 22.8 Å². The van der Waals surface area contributed by atoms with Crippen LogP contribution in [0.1, 0.15) is 19.5 Å². The van der Waals surface area contributed by atoms with Crippen LogP contribution in [0.5, 0.6) is 0 Å². The fraction of sp³-hybridized carbons (Fsp3) is 0.227. The Balaban J connectivity index is 1.51. The van der Waals surface area contributed by atoms with Crippen LogP contribution in [0.15, 0.2) is 75.3 Å². The highest BCUT2D eigenvalue weighted by atomic mass is 32.2. The highest BCUT2D eigenvalue weighted by Crippen LogP contribution is 2.27. The number of hydrogen-bond donors (Lipinski definition) is 1. The summed E-state index contributed by atoms with van der Waals surface area (Å²) in [6, 6.07) is 16.2. The number of rotatable bonds is 9. The summed E-state index contributed by atoms with van der Waals surface area (Å²) in [5.41, 5.74) is 2.21. The third-order valence-corrected chi connectivity index (χ3v) is 8.04. The van der Waals surface area contributed by atoms with Crippen LogP contribution in [-0.2, 0) is 15.8 Å². The molecular formula is C22H24N6O3S2. The van der Waals surface area contributed by atoms with Gasteiger partial charge in [0.2, 0.25) is 21.1 Å². The lowest BCUT2D eigenvalue weighted by Gasteiger charge is -2.18. The Hall–Kier alpha value is -3.15. The lowest BCUT2D eigenvalue weighted by Crippen LogP contribution is -2.30. The minimum Gasteiger partial charge on any atom is -0.444 e. The maximum atomic E-state index is 12.9. The van der Waals surface area contributed by atoms with E-state index in [2.05, 4.69) is 15.2 Å². The summed E-state index contributed by atoms with van der Waals surface area (Å²) in [6.07, 6.45) is 1.61. The average Bonchev–Trinajstić information content (AvgIpc) is 3.46. The molecule has 0 unspecified atom stereocenters. The van der Waals surface area contributed by atoms with E-state index in [9.17, 15) is 8.42 Å². The Bertz CT molecular complexity index is 1330. The third kappa shape index (κ3) is 4.80. The molecule has 0 amide bonds. The van der Waals surface area contributed by atoms with Gasteiger partial charge in [-0.1, -0.05) is 55.9 Å². The van der Waals surface area contributed by atoms with Gasteiger partial charge in [0.05, 0.1) is 10.6 Å². The van der Waals surface area contributed by atoms with Crippen LogP contribution in [0.4, 0.5) is 0 Å². The molecular weight excluding hydrogens is 460 g/mol. The second-order valence-corrected chi connectivity index (χ2v) is 9.97. The SMILES string of the molecule is CCN(CC)S(=O)(=O)c1cccc(-c2nnc(SCc3coc(-c4ccccc4)n3)n2N)c1. The fourth-order valence-corrected chi connectivity index (χ4v) is 5.54. The molecule has 0 aliphatic heterocycles. The molecule has 11 heteroatoms. The zero-order chi connectivity index (χ0) is 23.4. The van der Waals surface area contributed by atoms with Crippen molar-refractivity contribution in [3.63, 3.8) is 0 Å². The van der Waals surface area contributed by atoms with Crippen LogP contribution in [-0.4, -0.2) is 45.7 Å². The number of benzene rings is 2. The van der Waals surface area contributed by atoms with E-state index in [0.29, 0.717) is 41.3 Å². The van der Waals surface area contributed by atoms with Crippen LogP contribution in [0.2, 0.25) is 0 Å². The maximum Gasteiger partial charge on any atom is 0.243 e. The molecule has 172 valence electrons. The molecule has 9 nitrogen and oxygen atoms in total. The zero-order valence-electron chi connectivity index (χ0n) is 18.2. The van der Waals surface area contributed by atoms with E-state index in [4.69, 9.17) is 10.3 Å². The molecule has 2 aromatic heterocycles. The molecule has 4 aromatic rings. The van der Waals surface area contributed by atoms with E-state index >= 15 is 0 Å². The van der Waals surface area contributed by atoms with E-state index < -0.39 is 10.0 Å².